The largest absolute Gasteiger partial charge is 0.391 e. The molecule has 2 rings (SSSR count). The van der Waals surface area contributed by atoms with Gasteiger partial charge in [0.05, 0.1) is 11.6 Å². The van der Waals surface area contributed by atoms with Crippen molar-refractivity contribution in [2.24, 2.45) is 5.73 Å². The lowest BCUT2D eigenvalue weighted by molar-refractivity contribution is 0.0450. The maximum absolute atomic E-state index is 10.0. The monoisotopic (exact) mass is 225 g/mol. The van der Waals surface area contributed by atoms with Crippen LogP contribution in [0.5, 0.6) is 0 Å². The number of aliphatic hydroxyl groups excluding tert-OH is 1. The highest BCUT2D eigenvalue weighted by molar-refractivity contribution is 6.30. The second kappa shape index (κ2) is 4.12. The van der Waals surface area contributed by atoms with Crippen molar-refractivity contribution in [2.45, 2.75) is 37.3 Å². The van der Waals surface area contributed by atoms with E-state index >= 15 is 0 Å². The van der Waals surface area contributed by atoms with Gasteiger partial charge in [-0.15, -0.1) is 0 Å². The van der Waals surface area contributed by atoms with E-state index < -0.39 is 11.6 Å². The Bertz CT molecular complexity index is 355. The summed E-state index contributed by atoms with van der Waals surface area (Å²) < 4.78 is 0. The van der Waals surface area contributed by atoms with Gasteiger partial charge < -0.3 is 10.8 Å². The Kier molecular flexibility index (Phi) is 3.01. The van der Waals surface area contributed by atoms with Crippen molar-refractivity contribution in [2.75, 3.05) is 0 Å². The molecule has 1 saturated carbocycles. The number of rotatable bonds is 1. The fourth-order valence-corrected chi connectivity index (χ4v) is 2.48. The van der Waals surface area contributed by atoms with E-state index in [9.17, 15) is 5.11 Å². The van der Waals surface area contributed by atoms with Crippen LogP contribution in [0.3, 0.4) is 0 Å². The first kappa shape index (κ1) is 10.9. The minimum Gasteiger partial charge on any atom is -0.391 e. The maximum atomic E-state index is 10.0. The normalized spacial score (nSPS) is 31.5. The summed E-state index contributed by atoms with van der Waals surface area (Å²) in [6, 6.07) is 7.51. The molecular formula is C12H16ClNO. The molecule has 2 atom stereocenters. The van der Waals surface area contributed by atoms with Crippen LogP contribution in [0, 0.1) is 0 Å². The number of nitrogens with two attached hydrogens (primary N) is 1. The molecule has 15 heavy (non-hydrogen) atoms. The van der Waals surface area contributed by atoms with Crippen molar-refractivity contribution >= 4 is 11.6 Å². The summed E-state index contributed by atoms with van der Waals surface area (Å²) in [5.41, 5.74) is 6.62. The first-order valence-electron chi connectivity index (χ1n) is 5.36. The summed E-state index contributed by atoms with van der Waals surface area (Å²) in [5, 5.41) is 10.7. The van der Waals surface area contributed by atoms with Gasteiger partial charge in [0.2, 0.25) is 0 Å². The lowest BCUT2D eigenvalue weighted by Gasteiger charge is -2.38. The van der Waals surface area contributed by atoms with E-state index in [1.165, 1.54) is 0 Å². The van der Waals surface area contributed by atoms with Crippen LogP contribution in [-0.4, -0.2) is 11.2 Å². The second-order valence-electron chi connectivity index (χ2n) is 4.31. The van der Waals surface area contributed by atoms with E-state index in [-0.39, 0.29) is 0 Å². The van der Waals surface area contributed by atoms with Crippen molar-refractivity contribution in [3.8, 4) is 0 Å². The highest BCUT2D eigenvalue weighted by atomic mass is 35.5. The predicted octanol–water partition coefficient (Wildman–Crippen LogP) is 2.43. The van der Waals surface area contributed by atoms with Gasteiger partial charge >= 0.3 is 0 Å². The van der Waals surface area contributed by atoms with Gasteiger partial charge in [0.1, 0.15) is 0 Å². The molecule has 1 aliphatic carbocycles. The van der Waals surface area contributed by atoms with Crippen molar-refractivity contribution in [1.29, 1.82) is 0 Å². The van der Waals surface area contributed by atoms with Crippen molar-refractivity contribution < 1.29 is 5.11 Å². The van der Waals surface area contributed by atoms with E-state index in [2.05, 4.69) is 0 Å². The van der Waals surface area contributed by atoms with Gasteiger partial charge in [-0.25, -0.2) is 0 Å². The average Bonchev–Trinajstić information content (AvgIpc) is 2.23. The van der Waals surface area contributed by atoms with Gasteiger partial charge in [0.25, 0.3) is 0 Å². The number of hydrogen-bond acceptors (Lipinski definition) is 2. The molecule has 0 amide bonds. The molecule has 82 valence electrons. The highest BCUT2D eigenvalue weighted by Gasteiger charge is 2.37. The second-order valence-corrected chi connectivity index (χ2v) is 4.75. The van der Waals surface area contributed by atoms with E-state index in [0.717, 1.165) is 31.2 Å². The van der Waals surface area contributed by atoms with Gasteiger partial charge in [-0.1, -0.05) is 36.6 Å². The Hall–Kier alpha value is -0.570. The smallest absolute Gasteiger partial charge is 0.0761 e. The maximum Gasteiger partial charge on any atom is 0.0761 e. The van der Waals surface area contributed by atoms with Crippen LogP contribution in [-0.2, 0) is 5.54 Å². The Morgan fingerprint density at radius 2 is 2.20 bits per heavy atom. The zero-order valence-electron chi connectivity index (χ0n) is 8.62. The van der Waals surface area contributed by atoms with E-state index in [1.54, 1.807) is 0 Å². The van der Waals surface area contributed by atoms with Gasteiger partial charge in [-0.3, -0.25) is 0 Å². The summed E-state index contributed by atoms with van der Waals surface area (Å²) in [4.78, 5) is 0. The van der Waals surface area contributed by atoms with Crippen LogP contribution in [0.1, 0.15) is 31.2 Å². The SMILES string of the molecule is N[C@@]1(c2cccc(Cl)c2)CCCC[C@H]1O. The van der Waals surface area contributed by atoms with E-state index in [0.29, 0.717) is 5.02 Å². The summed E-state index contributed by atoms with van der Waals surface area (Å²) in [6.45, 7) is 0. The topological polar surface area (TPSA) is 46.2 Å². The van der Waals surface area contributed by atoms with Gasteiger partial charge in [0.15, 0.2) is 0 Å². The molecule has 0 aromatic heterocycles. The molecule has 3 N–H and O–H groups in total. The molecule has 0 saturated heterocycles. The predicted molar refractivity (Wildman–Crippen MR) is 61.8 cm³/mol. The van der Waals surface area contributed by atoms with Crippen molar-refractivity contribution in [3.63, 3.8) is 0 Å². The lowest BCUT2D eigenvalue weighted by atomic mass is 9.75. The fraction of sp³-hybridized carbons (Fsp3) is 0.500. The summed E-state index contributed by atoms with van der Waals surface area (Å²) in [5.74, 6) is 0. The average molecular weight is 226 g/mol. The molecule has 1 aliphatic rings. The molecule has 0 radical (unpaired) electrons. The highest BCUT2D eigenvalue weighted by Crippen LogP contribution is 2.35. The van der Waals surface area contributed by atoms with Crippen molar-refractivity contribution in [1.82, 2.24) is 0 Å². The molecule has 0 unspecified atom stereocenters. The number of hydrogen-bond donors (Lipinski definition) is 2. The van der Waals surface area contributed by atoms with Crippen LogP contribution in [0.4, 0.5) is 0 Å². The van der Waals surface area contributed by atoms with Crippen LogP contribution in [0.15, 0.2) is 24.3 Å². The molecule has 1 aromatic carbocycles. The minimum absolute atomic E-state index is 0.454. The summed E-state index contributed by atoms with van der Waals surface area (Å²) in [7, 11) is 0. The van der Waals surface area contributed by atoms with Gasteiger partial charge in [-0.2, -0.15) is 0 Å². The quantitative estimate of drug-likeness (QED) is 0.771. The van der Waals surface area contributed by atoms with E-state index in [4.69, 9.17) is 17.3 Å². The molecule has 0 heterocycles. The Morgan fingerprint density at radius 1 is 1.40 bits per heavy atom. The molecule has 3 heteroatoms. The van der Waals surface area contributed by atoms with Gasteiger partial charge in [-0.05, 0) is 30.5 Å². The van der Waals surface area contributed by atoms with Crippen LogP contribution >= 0.6 is 11.6 Å². The molecular weight excluding hydrogens is 210 g/mol. The van der Waals surface area contributed by atoms with Gasteiger partial charge in [0, 0.05) is 5.02 Å². The minimum atomic E-state index is -0.608. The molecule has 0 aliphatic heterocycles. The Balaban J connectivity index is 2.34. The summed E-state index contributed by atoms with van der Waals surface area (Å²) >= 11 is 5.94. The first-order chi connectivity index (χ1) is 7.13. The fourth-order valence-electron chi connectivity index (χ4n) is 2.29. The first-order valence-corrected chi connectivity index (χ1v) is 5.74. The Labute approximate surface area is 95.1 Å². The third-order valence-corrected chi connectivity index (χ3v) is 3.51. The number of halogens is 1. The molecule has 1 fully saturated rings. The Morgan fingerprint density at radius 3 is 2.87 bits per heavy atom. The third kappa shape index (κ3) is 2.03. The zero-order valence-corrected chi connectivity index (χ0v) is 9.37. The molecule has 0 bridgehead atoms. The third-order valence-electron chi connectivity index (χ3n) is 3.27. The molecule has 0 spiro atoms. The number of benzene rings is 1. The molecule has 2 nitrogen and oxygen atoms in total. The van der Waals surface area contributed by atoms with Crippen LogP contribution in [0.2, 0.25) is 5.02 Å². The standard InChI is InChI=1S/C12H16ClNO/c13-10-5-3-4-9(8-10)12(14)7-2-1-6-11(12)15/h3-5,8,11,15H,1-2,6-7,14H2/t11-,12-/m1/s1. The summed E-state index contributed by atoms with van der Waals surface area (Å²) in [6.07, 6.45) is 3.28. The zero-order chi connectivity index (χ0) is 10.9. The van der Waals surface area contributed by atoms with Crippen LogP contribution in [0.25, 0.3) is 0 Å². The number of aliphatic hydroxyl groups is 1. The van der Waals surface area contributed by atoms with Crippen LogP contribution < -0.4 is 5.73 Å². The van der Waals surface area contributed by atoms with Crippen molar-refractivity contribution in [3.05, 3.63) is 34.9 Å². The molecule has 1 aromatic rings. The lowest BCUT2D eigenvalue weighted by Crippen LogP contribution is -2.49. The van der Waals surface area contributed by atoms with E-state index in [1.807, 2.05) is 24.3 Å².